The van der Waals surface area contributed by atoms with Crippen LogP contribution in [0, 0.1) is 0 Å². The van der Waals surface area contributed by atoms with Crippen molar-refractivity contribution in [2.24, 2.45) is 0 Å². The minimum atomic E-state index is -4.49. The maximum absolute atomic E-state index is 13.3. The number of thiocarbonyl (C=S) groups is 1. The molecule has 3 rings (SSSR count). The summed E-state index contributed by atoms with van der Waals surface area (Å²) >= 11 is 5.13. The molecule has 0 atom stereocenters. The van der Waals surface area contributed by atoms with Crippen molar-refractivity contribution in [3.05, 3.63) is 34.9 Å². The van der Waals surface area contributed by atoms with E-state index in [0.717, 1.165) is 12.1 Å². The van der Waals surface area contributed by atoms with Gasteiger partial charge in [-0.1, -0.05) is 0 Å². The number of nitrogens with zero attached hydrogens (tertiary/aromatic N) is 1. The number of nitrogens with one attached hydrogen (secondary N) is 2. The third kappa shape index (κ3) is 3.80. The number of ether oxygens (including phenoxy) is 1. The van der Waals surface area contributed by atoms with Crippen LogP contribution in [0.3, 0.4) is 0 Å². The quantitative estimate of drug-likeness (QED) is 0.745. The minimum Gasteiger partial charge on any atom is -0.483 e. The molecule has 0 aromatic heterocycles. The summed E-state index contributed by atoms with van der Waals surface area (Å²) in [4.78, 5) is 14.1. The summed E-state index contributed by atoms with van der Waals surface area (Å²) in [5, 5.41) is 6.22. The van der Waals surface area contributed by atoms with Gasteiger partial charge in [0.25, 0.3) is 0 Å². The Morgan fingerprint density at radius 1 is 1.36 bits per heavy atom. The van der Waals surface area contributed by atoms with Crippen molar-refractivity contribution in [1.29, 1.82) is 0 Å². The molecule has 2 aliphatic rings. The maximum Gasteiger partial charge on any atom is 0.416 e. The van der Waals surface area contributed by atoms with Gasteiger partial charge in [0.05, 0.1) is 11.3 Å². The normalized spacial score (nSPS) is 18.6. The number of likely N-dealkylation sites (tertiary alicyclic amines) is 1. The first kappa shape index (κ1) is 20.4. The van der Waals surface area contributed by atoms with Crippen LogP contribution >= 0.6 is 12.2 Å². The maximum atomic E-state index is 13.3. The standard InChI is InChI=1S/C19H22F3N3O2S/c1-18(2)13(10-24-17(28)23-3)16(25-8-4-5-15(25)26)12-9-11(19(20,21)22)6-7-14(12)27-18/h6-7,9H,4-5,8,10H2,1-3H3,(H2,23,24,28). The molecule has 9 heteroatoms. The number of carbonyl (C=O) groups excluding carboxylic acids is 1. The van der Waals surface area contributed by atoms with Gasteiger partial charge in [0.1, 0.15) is 11.4 Å². The van der Waals surface area contributed by atoms with Crippen LogP contribution < -0.4 is 15.4 Å². The van der Waals surface area contributed by atoms with Crippen LogP contribution in [0.2, 0.25) is 0 Å². The number of benzene rings is 1. The van der Waals surface area contributed by atoms with E-state index in [0.29, 0.717) is 41.5 Å². The number of amides is 1. The Balaban J connectivity index is 2.19. The summed E-state index contributed by atoms with van der Waals surface area (Å²) in [5.41, 5.74) is -0.187. The number of halogens is 3. The highest BCUT2D eigenvalue weighted by Crippen LogP contribution is 2.45. The van der Waals surface area contributed by atoms with E-state index in [-0.39, 0.29) is 18.0 Å². The first-order chi connectivity index (χ1) is 13.0. The fourth-order valence-electron chi connectivity index (χ4n) is 3.51. The van der Waals surface area contributed by atoms with Gasteiger partial charge < -0.3 is 20.3 Å². The van der Waals surface area contributed by atoms with Crippen LogP contribution in [-0.2, 0) is 11.0 Å². The SMILES string of the molecule is CNC(=S)NCC1=C(N2CCCC2=O)c2cc(C(F)(F)F)ccc2OC1(C)C. The lowest BCUT2D eigenvalue weighted by atomic mass is 9.88. The van der Waals surface area contributed by atoms with Gasteiger partial charge >= 0.3 is 6.18 Å². The molecule has 0 unspecified atom stereocenters. The summed E-state index contributed by atoms with van der Waals surface area (Å²) in [7, 11) is 1.67. The molecule has 1 aromatic carbocycles. The fraction of sp³-hybridized carbons (Fsp3) is 0.474. The molecular formula is C19H22F3N3O2S. The van der Waals surface area contributed by atoms with Crippen molar-refractivity contribution in [2.75, 3.05) is 20.1 Å². The molecule has 2 heterocycles. The number of rotatable bonds is 3. The van der Waals surface area contributed by atoms with E-state index >= 15 is 0 Å². The zero-order valence-electron chi connectivity index (χ0n) is 15.9. The van der Waals surface area contributed by atoms with Crippen molar-refractivity contribution in [3.8, 4) is 5.75 Å². The van der Waals surface area contributed by atoms with Gasteiger partial charge in [-0.05, 0) is 50.7 Å². The molecule has 2 aliphatic heterocycles. The van der Waals surface area contributed by atoms with E-state index in [2.05, 4.69) is 10.6 Å². The van der Waals surface area contributed by atoms with Crippen LogP contribution in [0.4, 0.5) is 13.2 Å². The lowest BCUT2D eigenvalue weighted by Crippen LogP contribution is -2.44. The number of carbonyl (C=O) groups is 1. The Morgan fingerprint density at radius 2 is 2.07 bits per heavy atom. The predicted octanol–water partition coefficient (Wildman–Crippen LogP) is 3.30. The average Bonchev–Trinajstić information content (AvgIpc) is 3.02. The number of fused-ring (bicyclic) bond motifs is 1. The van der Waals surface area contributed by atoms with E-state index in [9.17, 15) is 18.0 Å². The van der Waals surface area contributed by atoms with Crippen LogP contribution in [-0.4, -0.2) is 41.7 Å². The molecule has 5 nitrogen and oxygen atoms in total. The predicted molar refractivity (Wildman–Crippen MR) is 104 cm³/mol. The van der Waals surface area contributed by atoms with Crippen LogP contribution in [0.1, 0.15) is 37.8 Å². The Morgan fingerprint density at radius 3 is 2.64 bits per heavy atom. The second-order valence-electron chi connectivity index (χ2n) is 7.23. The highest BCUT2D eigenvalue weighted by Gasteiger charge is 2.41. The summed E-state index contributed by atoms with van der Waals surface area (Å²) in [6.45, 7) is 4.35. The van der Waals surface area contributed by atoms with Gasteiger partial charge in [-0.15, -0.1) is 0 Å². The second-order valence-corrected chi connectivity index (χ2v) is 7.64. The third-order valence-corrected chi connectivity index (χ3v) is 5.28. The Bertz CT molecular complexity index is 849. The van der Waals surface area contributed by atoms with Gasteiger partial charge in [0.2, 0.25) is 5.91 Å². The third-order valence-electron chi connectivity index (χ3n) is 4.94. The number of hydrogen-bond acceptors (Lipinski definition) is 3. The largest absolute Gasteiger partial charge is 0.483 e. The zero-order valence-corrected chi connectivity index (χ0v) is 16.7. The van der Waals surface area contributed by atoms with Gasteiger partial charge in [-0.2, -0.15) is 13.2 Å². The first-order valence-electron chi connectivity index (χ1n) is 8.95. The van der Waals surface area contributed by atoms with Crippen LogP contribution in [0.25, 0.3) is 5.70 Å². The Labute approximate surface area is 166 Å². The van der Waals surface area contributed by atoms with E-state index in [1.54, 1.807) is 11.9 Å². The van der Waals surface area contributed by atoms with E-state index < -0.39 is 17.3 Å². The van der Waals surface area contributed by atoms with Gasteiger partial charge in [0, 0.05) is 37.7 Å². The molecule has 0 aliphatic carbocycles. The fourth-order valence-corrected chi connectivity index (χ4v) is 3.58. The highest BCUT2D eigenvalue weighted by molar-refractivity contribution is 7.80. The molecule has 1 amide bonds. The Hall–Kier alpha value is -2.29. The molecule has 0 bridgehead atoms. The smallest absolute Gasteiger partial charge is 0.416 e. The van der Waals surface area contributed by atoms with Crippen LogP contribution in [0.15, 0.2) is 23.8 Å². The number of hydrogen-bond donors (Lipinski definition) is 2. The van der Waals surface area contributed by atoms with Crippen LogP contribution in [0.5, 0.6) is 5.75 Å². The van der Waals surface area contributed by atoms with Gasteiger partial charge in [0.15, 0.2) is 5.11 Å². The van der Waals surface area contributed by atoms with E-state index in [1.807, 2.05) is 13.8 Å². The first-order valence-corrected chi connectivity index (χ1v) is 9.35. The van der Waals surface area contributed by atoms with Crippen molar-refractivity contribution in [3.63, 3.8) is 0 Å². The topological polar surface area (TPSA) is 53.6 Å². The van der Waals surface area contributed by atoms with Gasteiger partial charge in [-0.3, -0.25) is 4.79 Å². The number of alkyl halides is 3. The summed E-state index contributed by atoms with van der Waals surface area (Å²) in [6.07, 6.45) is -3.46. The summed E-state index contributed by atoms with van der Waals surface area (Å²) in [5.74, 6) is 0.220. The molecular weight excluding hydrogens is 391 g/mol. The second kappa shape index (κ2) is 7.27. The van der Waals surface area contributed by atoms with Crippen molar-refractivity contribution >= 4 is 28.9 Å². The molecule has 1 fully saturated rings. The van der Waals surface area contributed by atoms with Crippen molar-refractivity contribution < 1.29 is 22.7 Å². The summed E-state index contributed by atoms with van der Waals surface area (Å²) < 4.78 is 46.0. The van der Waals surface area contributed by atoms with Crippen molar-refractivity contribution in [1.82, 2.24) is 15.5 Å². The highest BCUT2D eigenvalue weighted by atomic mass is 32.1. The zero-order chi connectivity index (χ0) is 20.7. The van der Waals surface area contributed by atoms with E-state index in [4.69, 9.17) is 17.0 Å². The molecule has 152 valence electrons. The average molecular weight is 413 g/mol. The van der Waals surface area contributed by atoms with E-state index in [1.165, 1.54) is 6.07 Å². The lowest BCUT2D eigenvalue weighted by molar-refractivity contribution is -0.137. The molecule has 0 radical (unpaired) electrons. The van der Waals surface area contributed by atoms with Crippen molar-refractivity contribution in [2.45, 2.75) is 38.5 Å². The minimum absolute atomic E-state index is 0.107. The van der Waals surface area contributed by atoms with Gasteiger partial charge in [-0.25, -0.2) is 0 Å². The molecule has 0 spiro atoms. The molecule has 1 saturated heterocycles. The lowest BCUT2D eigenvalue weighted by Gasteiger charge is -2.40. The monoisotopic (exact) mass is 413 g/mol. The molecule has 0 saturated carbocycles. The summed E-state index contributed by atoms with van der Waals surface area (Å²) in [6, 6.07) is 3.38. The molecule has 1 aromatic rings. The molecule has 2 N–H and O–H groups in total. The Kier molecular flexibility index (Phi) is 5.31. The molecule has 28 heavy (non-hydrogen) atoms.